The van der Waals surface area contributed by atoms with Crippen LogP contribution in [-0.4, -0.2) is 24.5 Å². The molecular formula is C25H25F4N3O. The van der Waals surface area contributed by atoms with E-state index in [1.807, 2.05) is 35.2 Å². The summed E-state index contributed by atoms with van der Waals surface area (Å²) >= 11 is 0. The van der Waals surface area contributed by atoms with Gasteiger partial charge < -0.3 is 10.2 Å². The lowest BCUT2D eigenvalue weighted by Crippen LogP contribution is -2.40. The standard InChI is InChI=1S/C25H25F4N3O/c1-17-15-21(12-13-22(17)26)32(23(24(33)30-2)18-7-4-3-5-8-18)14-6-9-20-11-10-19(16-31-20)25(27,28)29/h3-5,7-8,10-13,15-16,23H,6,9,14H2,1-2H3,(H,30,33)/t23-/m0/s1. The number of nitrogens with one attached hydrogen (secondary N) is 1. The number of rotatable bonds is 8. The van der Waals surface area contributed by atoms with Crippen LogP contribution < -0.4 is 10.2 Å². The Morgan fingerprint density at radius 3 is 2.39 bits per heavy atom. The third-order valence-electron chi connectivity index (χ3n) is 5.38. The summed E-state index contributed by atoms with van der Waals surface area (Å²) in [7, 11) is 1.55. The quantitative estimate of drug-likeness (QED) is 0.454. The molecule has 0 bridgehead atoms. The molecule has 0 saturated carbocycles. The molecule has 1 amide bonds. The number of halogens is 4. The highest BCUT2D eigenvalue weighted by Gasteiger charge is 2.31. The first-order chi connectivity index (χ1) is 15.7. The number of aromatic nitrogens is 1. The lowest BCUT2D eigenvalue weighted by molar-refractivity contribution is -0.137. The van der Waals surface area contributed by atoms with Gasteiger partial charge in [0.25, 0.3) is 0 Å². The van der Waals surface area contributed by atoms with Crippen LogP contribution in [0.15, 0.2) is 66.9 Å². The zero-order valence-electron chi connectivity index (χ0n) is 18.4. The molecule has 0 aliphatic rings. The van der Waals surface area contributed by atoms with Gasteiger partial charge in [-0.15, -0.1) is 0 Å². The molecule has 4 nitrogen and oxygen atoms in total. The molecule has 2 aromatic carbocycles. The first-order valence-electron chi connectivity index (χ1n) is 10.5. The minimum atomic E-state index is -4.43. The summed E-state index contributed by atoms with van der Waals surface area (Å²) in [5.41, 5.74) is 1.62. The monoisotopic (exact) mass is 459 g/mol. The summed E-state index contributed by atoms with van der Waals surface area (Å²) < 4.78 is 52.2. The predicted octanol–water partition coefficient (Wildman–Crippen LogP) is 5.47. The highest BCUT2D eigenvalue weighted by atomic mass is 19.4. The third-order valence-corrected chi connectivity index (χ3v) is 5.38. The molecule has 3 aromatic rings. The van der Waals surface area contributed by atoms with E-state index in [0.29, 0.717) is 36.3 Å². The second-order valence-corrected chi connectivity index (χ2v) is 7.69. The fourth-order valence-electron chi connectivity index (χ4n) is 3.63. The molecule has 0 aliphatic carbocycles. The highest BCUT2D eigenvalue weighted by molar-refractivity contribution is 5.86. The summed E-state index contributed by atoms with van der Waals surface area (Å²) in [6, 6.07) is 15.6. The van der Waals surface area contributed by atoms with E-state index in [4.69, 9.17) is 0 Å². The molecule has 8 heteroatoms. The Morgan fingerprint density at radius 2 is 1.82 bits per heavy atom. The summed E-state index contributed by atoms with van der Waals surface area (Å²) in [6.45, 7) is 2.06. The molecule has 0 spiro atoms. The second-order valence-electron chi connectivity index (χ2n) is 7.69. The molecule has 0 aliphatic heterocycles. The fourth-order valence-corrected chi connectivity index (χ4v) is 3.63. The van der Waals surface area contributed by atoms with E-state index < -0.39 is 17.8 Å². The van der Waals surface area contributed by atoms with Gasteiger partial charge in [-0.3, -0.25) is 9.78 Å². The van der Waals surface area contributed by atoms with Crippen LogP contribution in [0.1, 0.15) is 34.8 Å². The number of anilines is 1. The average molecular weight is 459 g/mol. The van der Waals surface area contributed by atoms with Gasteiger partial charge in [0.1, 0.15) is 11.9 Å². The second kappa shape index (κ2) is 10.5. The number of amides is 1. The van der Waals surface area contributed by atoms with Crippen molar-refractivity contribution in [2.45, 2.75) is 32.0 Å². The SMILES string of the molecule is CNC(=O)[C@H](c1ccccc1)N(CCCc1ccc(C(F)(F)F)cn1)c1ccc(F)c(C)c1. The van der Waals surface area contributed by atoms with Crippen LogP contribution >= 0.6 is 0 Å². The number of benzene rings is 2. The minimum absolute atomic E-state index is 0.226. The van der Waals surface area contributed by atoms with Gasteiger partial charge in [0.05, 0.1) is 5.56 Å². The van der Waals surface area contributed by atoms with Gasteiger partial charge in [-0.1, -0.05) is 30.3 Å². The van der Waals surface area contributed by atoms with E-state index in [1.54, 1.807) is 26.1 Å². The zero-order valence-corrected chi connectivity index (χ0v) is 18.4. The van der Waals surface area contributed by atoms with E-state index in [9.17, 15) is 22.4 Å². The van der Waals surface area contributed by atoms with Crippen molar-refractivity contribution in [3.63, 3.8) is 0 Å². The molecule has 1 heterocycles. The largest absolute Gasteiger partial charge is 0.417 e. The van der Waals surface area contributed by atoms with E-state index in [0.717, 1.165) is 17.8 Å². The van der Waals surface area contributed by atoms with Crippen molar-refractivity contribution in [1.82, 2.24) is 10.3 Å². The number of pyridine rings is 1. The number of alkyl halides is 3. The van der Waals surface area contributed by atoms with Crippen molar-refractivity contribution in [3.05, 3.63) is 95.1 Å². The van der Waals surface area contributed by atoms with Gasteiger partial charge in [-0.05, 0) is 61.2 Å². The van der Waals surface area contributed by atoms with Gasteiger partial charge in [0, 0.05) is 31.2 Å². The maximum Gasteiger partial charge on any atom is 0.417 e. The minimum Gasteiger partial charge on any atom is -0.357 e. The van der Waals surface area contributed by atoms with Gasteiger partial charge in [0.15, 0.2) is 0 Å². The molecule has 1 atom stereocenters. The summed E-state index contributed by atoms with van der Waals surface area (Å²) in [4.78, 5) is 18.7. The van der Waals surface area contributed by atoms with Crippen molar-refractivity contribution >= 4 is 11.6 Å². The Hall–Kier alpha value is -3.42. The molecule has 0 unspecified atom stereocenters. The number of nitrogens with zero attached hydrogens (tertiary/aromatic N) is 2. The molecule has 0 fully saturated rings. The van der Waals surface area contributed by atoms with Crippen molar-refractivity contribution in [3.8, 4) is 0 Å². The van der Waals surface area contributed by atoms with E-state index in [1.165, 1.54) is 12.1 Å². The van der Waals surface area contributed by atoms with Crippen molar-refractivity contribution < 1.29 is 22.4 Å². The average Bonchev–Trinajstić information content (AvgIpc) is 2.80. The summed E-state index contributed by atoms with van der Waals surface area (Å²) in [5.74, 6) is -0.570. The molecule has 0 radical (unpaired) electrons. The Bertz CT molecular complexity index is 1070. The van der Waals surface area contributed by atoms with Crippen LogP contribution in [0, 0.1) is 12.7 Å². The Labute approximate surface area is 190 Å². The smallest absolute Gasteiger partial charge is 0.357 e. The van der Waals surface area contributed by atoms with Crippen LogP contribution in [0.3, 0.4) is 0 Å². The van der Waals surface area contributed by atoms with Crippen LogP contribution in [-0.2, 0) is 17.4 Å². The van der Waals surface area contributed by atoms with E-state index in [2.05, 4.69) is 10.3 Å². The molecule has 1 N–H and O–H groups in total. The predicted molar refractivity (Wildman–Crippen MR) is 119 cm³/mol. The zero-order chi connectivity index (χ0) is 24.0. The maximum atomic E-state index is 13.9. The number of carbonyl (C=O) groups excluding carboxylic acids is 1. The van der Waals surface area contributed by atoms with Crippen LogP contribution in [0.5, 0.6) is 0 Å². The molecule has 3 rings (SSSR count). The van der Waals surface area contributed by atoms with E-state index in [-0.39, 0.29) is 11.7 Å². The maximum absolute atomic E-state index is 13.9. The molecule has 1 aromatic heterocycles. The van der Waals surface area contributed by atoms with Crippen molar-refractivity contribution in [2.24, 2.45) is 0 Å². The van der Waals surface area contributed by atoms with Crippen molar-refractivity contribution in [1.29, 1.82) is 0 Å². The van der Waals surface area contributed by atoms with Crippen molar-refractivity contribution in [2.75, 3.05) is 18.5 Å². The first-order valence-corrected chi connectivity index (χ1v) is 10.5. The lowest BCUT2D eigenvalue weighted by Gasteiger charge is -2.33. The number of aryl methyl sites for hydroxylation is 2. The normalized spacial score (nSPS) is 12.3. The lowest BCUT2D eigenvalue weighted by atomic mass is 10.0. The Balaban J connectivity index is 1.87. The summed E-state index contributed by atoms with van der Waals surface area (Å²) in [5, 5.41) is 2.69. The summed E-state index contributed by atoms with van der Waals surface area (Å²) in [6.07, 6.45) is -2.66. The van der Waals surface area contributed by atoms with Crippen LogP contribution in [0.4, 0.5) is 23.2 Å². The number of carbonyl (C=O) groups is 1. The third kappa shape index (κ3) is 6.09. The Kier molecular flexibility index (Phi) is 7.68. The Morgan fingerprint density at radius 1 is 1.09 bits per heavy atom. The van der Waals surface area contributed by atoms with E-state index >= 15 is 0 Å². The molecule has 174 valence electrons. The number of hydrogen-bond donors (Lipinski definition) is 1. The molecule has 33 heavy (non-hydrogen) atoms. The van der Waals surface area contributed by atoms with Gasteiger partial charge in [-0.2, -0.15) is 13.2 Å². The number of likely N-dealkylation sites (N-methyl/N-ethyl adjacent to an activating group) is 1. The van der Waals surface area contributed by atoms with Gasteiger partial charge in [-0.25, -0.2) is 4.39 Å². The van der Waals surface area contributed by atoms with Crippen LogP contribution in [0.25, 0.3) is 0 Å². The molecule has 0 saturated heterocycles. The van der Waals surface area contributed by atoms with Gasteiger partial charge in [0.2, 0.25) is 5.91 Å². The number of hydrogen-bond acceptors (Lipinski definition) is 3. The van der Waals surface area contributed by atoms with Crippen LogP contribution in [0.2, 0.25) is 0 Å². The van der Waals surface area contributed by atoms with Gasteiger partial charge >= 0.3 is 6.18 Å². The topological polar surface area (TPSA) is 45.2 Å². The first kappa shape index (κ1) is 24.2. The molecular weight excluding hydrogens is 434 g/mol. The fraction of sp³-hybridized carbons (Fsp3) is 0.280. The highest BCUT2D eigenvalue weighted by Crippen LogP contribution is 2.30.